The van der Waals surface area contributed by atoms with Gasteiger partial charge < -0.3 is 5.32 Å². The molecule has 1 fully saturated rings. The largest absolute Gasteiger partial charge is 0.352 e. The fourth-order valence-electron chi connectivity index (χ4n) is 4.05. The van der Waals surface area contributed by atoms with Crippen molar-refractivity contribution in [3.63, 3.8) is 0 Å². The van der Waals surface area contributed by atoms with Gasteiger partial charge in [0.15, 0.2) is 0 Å². The fourth-order valence-corrected chi connectivity index (χ4v) is 4.05. The van der Waals surface area contributed by atoms with Gasteiger partial charge in [0, 0.05) is 12.6 Å². The van der Waals surface area contributed by atoms with E-state index >= 15 is 0 Å². The Labute approximate surface area is 149 Å². The molecule has 1 aliphatic rings. The molecule has 3 atom stereocenters. The van der Waals surface area contributed by atoms with E-state index in [0.29, 0.717) is 18.4 Å². The number of aryl methyl sites for hydroxylation is 1. The van der Waals surface area contributed by atoms with Crippen LogP contribution in [0.5, 0.6) is 0 Å². The molecule has 1 saturated carbocycles. The fraction of sp³-hybridized carbons (Fsp3) is 0.600. The van der Waals surface area contributed by atoms with Gasteiger partial charge in [0.2, 0.25) is 5.91 Å². The first-order valence-electron chi connectivity index (χ1n) is 9.50. The summed E-state index contributed by atoms with van der Waals surface area (Å²) in [6.45, 7) is 7.29. The molecule has 25 heavy (non-hydrogen) atoms. The third-order valence-corrected chi connectivity index (χ3v) is 5.73. The first-order valence-corrected chi connectivity index (χ1v) is 9.50. The van der Waals surface area contributed by atoms with Gasteiger partial charge >= 0.3 is 5.69 Å². The van der Waals surface area contributed by atoms with E-state index in [9.17, 15) is 9.59 Å². The summed E-state index contributed by atoms with van der Waals surface area (Å²) in [5.41, 5.74) is 1.64. The zero-order valence-corrected chi connectivity index (χ0v) is 15.5. The highest BCUT2D eigenvalue weighted by molar-refractivity contribution is 5.81. The van der Waals surface area contributed by atoms with Crippen molar-refractivity contribution < 1.29 is 4.79 Å². The average Bonchev–Trinajstić information content (AvgIpc) is 2.85. The van der Waals surface area contributed by atoms with Crippen molar-refractivity contribution in [3.05, 3.63) is 34.7 Å². The van der Waals surface area contributed by atoms with Crippen LogP contribution in [0.1, 0.15) is 46.5 Å². The van der Waals surface area contributed by atoms with Crippen LogP contribution in [0.4, 0.5) is 0 Å². The number of hydrogen-bond donors (Lipinski definition) is 1. The zero-order valence-electron chi connectivity index (χ0n) is 15.5. The molecule has 0 bridgehead atoms. The van der Waals surface area contributed by atoms with E-state index in [2.05, 4.69) is 26.1 Å². The maximum Gasteiger partial charge on any atom is 0.329 e. The third-order valence-electron chi connectivity index (χ3n) is 5.73. The Hall–Kier alpha value is -2.04. The molecule has 5 heteroatoms. The lowest BCUT2D eigenvalue weighted by Gasteiger charge is -2.34. The molecule has 1 heterocycles. The summed E-state index contributed by atoms with van der Waals surface area (Å²) in [5, 5.41) is 3.17. The van der Waals surface area contributed by atoms with Crippen molar-refractivity contribution in [1.82, 2.24) is 14.5 Å². The summed E-state index contributed by atoms with van der Waals surface area (Å²) in [7, 11) is 0. The van der Waals surface area contributed by atoms with Crippen LogP contribution in [-0.4, -0.2) is 21.1 Å². The molecule has 1 amide bonds. The minimum absolute atomic E-state index is 0.0625. The summed E-state index contributed by atoms with van der Waals surface area (Å²) in [4.78, 5) is 25.4. The van der Waals surface area contributed by atoms with Gasteiger partial charge in [-0.2, -0.15) is 0 Å². The van der Waals surface area contributed by atoms with Crippen LogP contribution in [0, 0.1) is 11.8 Å². The number of aromatic nitrogens is 2. The monoisotopic (exact) mass is 343 g/mol. The number of para-hydroxylation sites is 2. The second-order valence-corrected chi connectivity index (χ2v) is 7.45. The van der Waals surface area contributed by atoms with Crippen molar-refractivity contribution in [2.45, 2.75) is 65.6 Å². The van der Waals surface area contributed by atoms with Crippen LogP contribution in [0.2, 0.25) is 0 Å². The summed E-state index contributed by atoms with van der Waals surface area (Å²) in [5.74, 6) is 1.05. The van der Waals surface area contributed by atoms with Crippen molar-refractivity contribution in [2.75, 3.05) is 0 Å². The Morgan fingerprint density at radius 2 is 1.84 bits per heavy atom. The topological polar surface area (TPSA) is 56.0 Å². The number of benzene rings is 1. The molecule has 136 valence electrons. The number of carbonyl (C=O) groups excluding carboxylic acids is 1. The summed E-state index contributed by atoms with van der Waals surface area (Å²) >= 11 is 0. The van der Waals surface area contributed by atoms with Crippen molar-refractivity contribution in [3.8, 4) is 0 Å². The summed E-state index contributed by atoms with van der Waals surface area (Å²) < 4.78 is 3.38. The van der Waals surface area contributed by atoms with Gasteiger partial charge in [0.05, 0.1) is 11.0 Å². The van der Waals surface area contributed by atoms with Gasteiger partial charge in [-0.05, 0) is 36.8 Å². The lowest BCUT2D eigenvalue weighted by atomic mass is 9.78. The first-order chi connectivity index (χ1) is 12.0. The van der Waals surface area contributed by atoms with Gasteiger partial charge in [-0.3, -0.25) is 13.9 Å². The van der Waals surface area contributed by atoms with E-state index < -0.39 is 0 Å². The van der Waals surface area contributed by atoms with E-state index in [1.165, 1.54) is 6.42 Å². The van der Waals surface area contributed by atoms with Crippen molar-refractivity contribution in [2.24, 2.45) is 11.8 Å². The highest BCUT2D eigenvalue weighted by Crippen LogP contribution is 2.29. The predicted molar refractivity (Wildman–Crippen MR) is 101 cm³/mol. The highest BCUT2D eigenvalue weighted by Gasteiger charge is 2.28. The molecular weight excluding hydrogens is 314 g/mol. The van der Waals surface area contributed by atoms with Crippen molar-refractivity contribution >= 4 is 16.9 Å². The van der Waals surface area contributed by atoms with Crippen LogP contribution >= 0.6 is 0 Å². The predicted octanol–water partition coefficient (Wildman–Crippen LogP) is 3.15. The Balaban J connectivity index is 1.82. The number of amides is 1. The van der Waals surface area contributed by atoms with Crippen LogP contribution < -0.4 is 11.0 Å². The Morgan fingerprint density at radius 3 is 2.52 bits per heavy atom. The SMILES string of the molecule is CCCn1c(=O)n(CC(=O)N[C@@H]2CCC[C@@H](C)[C@@H]2C)c2ccccc21. The molecule has 1 aliphatic carbocycles. The molecule has 0 aliphatic heterocycles. The zero-order chi connectivity index (χ0) is 18.0. The highest BCUT2D eigenvalue weighted by atomic mass is 16.2. The first kappa shape index (κ1) is 17.8. The molecule has 3 rings (SSSR count). The molecular formula is C20H29N3O2. The van der Waals surface area contributed by atoms with E-state index in [4.69, 9.17) is 0 Å². The van der Waals surface area contributed by atoms with Crippen LogP contribution in [0.25, 0.3) is 11.0 Å². The second kappa shape index (κ2) is 7.46. The number of nitrogens with one attached hydrogen (secondary N) is 1. The van der Waals surface area contributed by atoms with E-state index in [1.54, 1.807) is 9.13 Å². The third kappa shape index (κ3) is 3.51. The van der Waals surface area contributed by atoms with Gasteiger partial charge in [-0.15, -0.1) is 0 Å². The molecule has 0 unspecified atom stereocenters. The minimum atomic E-state index is -0.0942. The Bertz CT molecular complexity index is 805. The van der Waals surface area contributed by atoms with Gasteiger partial charge in [-0.25, -0.2) is 4.79 Å². The number of rotatable bonds is 5. The van der Waals surface area contributed by atoms with Crippen molar-refractivity contribution in [1.29, 1.82) is 0 Å². The molecule has 1 aromatic heterocycles. The molecule has 1 N–H and O–H groups in total. The van der Waals surface area contributed by atoms with Crippen LogP contribution in [0.15, 0.2) is 29.1 Å². The summed E-state index contributed by atoms with van der Waals surface area (Å²) in [6.07, 6.45) is 4.31. The van der Waals surface area contributed by atoms with E-state index in [-0.39, 0.29) is 24.2 Å². The number of carbonyl (C=O) groups is 1. The number of nitrogens with zero attached hydrogens (tertiary/aromatic N) is 2. The van der Waals surface area contributed by atoms with Crippen LogP contribution in [0.3, 0.4) is 0 Å². The second-order valence-electron chi connectivity index (χ2n) is 7.45. The number of imidazole rings is 1. The van der Waals surface area contributed by atoms with Gasteiger partial charge in [-0.1, -0.05) is 45.7 Å². The molecule has 0 radical (unpaired) electrons. The minimum Gasteiger partial charge on any atom is -0.352 e. The maximum absolute atomic E-state index is 12.8. The summed E-state index contributed by atoms with van der Waals surface area (Å²) in [6, 6.07) is 7.93. The normalized spacial score (nSPS) is 23.7. The number of fused-ring (bicyclic) bond motifs is 1. The smallest absolute Gasteiger partial charge is 0.329 e. The van der Waals surface area contributed by atoms with E-state index in [0.717, 1.165) is 30.3 Å². The molecule has 1 aromatic carbocycles. The molecule has 0 spiro atoms. The molecule has 0 saturated heterocycles. The number of hydrogen-bond acceptors (Lipinski definition) is 2. The molecule has 2 aromatic rings. The lowest BCUT2D eigenvalue weighted by molar-refractivity contribution is -0.123. The van der Waals surface area contributed by atoms with E-state index in [1.807, 2.05) is 24.3 Å². The lowest BCUT2D eigenvalue weighted by Crippen LogP contribution is -2.45. The maximum atomic E-state index is 12.8. The standard InChI is InChI=1S/C20H29N3O2/c1-4-12-22-17-10-5-6-11-18(17)23(20(22)25)13-19(24)21-16-9-7-8-14(2)15(16)3/h5-6,10-11,14-16H,4,7-9,12-13H2,1-3H3,(H,21,24)/t14-,15+,16-/m1/s1. The van der Waals surface area contributed by atoms with Gasteiger partial charge in [0.25, 0.3) is 0 Å². The molecule has 5 nitrogen and oxygen atoms in total. The van der Waals surface area contributed by atoms with Crippen LogP contribution in [-0.2, 0) is 17.9 Å². The quantitative estimate of drug-likeness (QED) is 0.907. The Morgan fingerprint density at radius 1 is 1.16 bits per heavy atom. The van der Waals surface area contributed by atoms with Gasteiger partial charge in [0.1, 0.15) is 6.54 Å². The Kier molecular flexibility index (Phi) is 5.30. The average molecular weight is 343 g/mol.